The van der Waals surface area contributed by atoms with Crippen molar-refractivity contribution in [2.24, 2.45) is 0 Å². The van der Waals surface area contributed by atoms with Crippen LogP contribution >= 0.6 is 0 Å². The lowest BCUT2D eigenvalue weighted by Crippen LogP contribution is -2.57. The van der Waals surface area contributed by atoms with Crippen molar-refractivity contribution in [3.63, 3.8) is 0 Å². The van der Waals surface area contributed by atoms with Crippen LogP contribution in [0.3, 0.4) is 0 Å². The molecule has 2 aliphatic rings. The van der Waals surface area contributed by atoms with Crippen molar-refractivity contribution in [1.29, 1.82) is 0 Å². The molecule has 0 aromatic carbocycles. The summed E-state index contributed by atoms with van der Waals surface area (Å²) >= 11 is 0. The van der Waals surface area contributed by atoms with Gasteiger partial charge in [0.15, 0.2) is 17.3 Å². The molecule has 0 saturated carbocycles. The summed E-state index contributed by atoms with van der Waals surface area (Å²) in [7, 11) is 1.31. The summed E-state index contributed by atoms with van der Waals surface area (Å²) < 4.78 is 84.2. The van der Waals surface area contributed by atoms with Gasteiger partial charge in [-0.25, -0.2) is 31.5 Å². The van der Waals surface area contributed by atoms with Crippen LogP contribution < -0.4 is 10.1 Å². The number of methoxy groups -OCH3 is 1. The number of nitrogens with one attached hydrogen (secondary N) is 1. The van der Waals surface area contributed by atoms with Crippen molar-refractivity contribution >= 4 is 17.1 Å². The average Bonchev–Trinajstić information content (AvgIpc) is 3.40. The summed E-state index contributed by atoms with van der Waals surface area (Å²) in [5.74, 6) is -1.75. The molecule has 0 unspecified atom stereocenters. The lowest BCUT2D eigenvalue weighted by molar-refractivity contribution is -0.0794. The smallest absolute Gasteiger partial charge is 0.280 e. The third kappa shape index (κ3) is 4.03. The first-order chi connectivity index (χ1) is 17.8. The number of halogens is 5. The van der Waals surface area contributed by atoms with Gasteiger partial charge in [0.2, 0.25) is 11.8 Å². The van der Waals surface area contributed by atoms with Crippen LogP contribution in [0, 0.1) is 11.6 Å². The fraction of sp³-hybridized carbons (Fsp3) is 0.435. The molecular weight excluding hydrogens is 501 g/mol. The maximum atomic E-state index is 15.2. The second kappa shape index (κ2) is 9.10. The van der Waals surface area contributed by atoms with Gasteiger partial charge in [-0.15, -0.1) is 5.10 Å². The standard InChI is InChI=1S/C23H22F5N7O2/c1-36-22-19-18(11-4-13(24)21-29-5-17(20(27)28)34(21)6-11)15(26)8-35(19)32-23(31-22)30-16-2-3-33(7-14(16)25)12-9-37-10-12/h4-6,8,12,14,16,20H,2-3,7,9-10H2,1H3,(H,30,32)/t14-,16+/m1/s1. The average molecular weight is 523 g/mol. The Hall–Kier alpha value is -3.52. The lowest BCUT2D eigenvalue weighted by Gasteiger charge is -2.42. The highest BCUT2D eigenvalue weighted by Gasteiger charge is 2.36. The van der Waals surface area contributed by atoms with Crippen LogP contribution in [-0.4, -0.2) is 80.6 Å². The van der Waals surface area contributed by atoms with Gasteiger partial charge in [0.1, 0.15) is 17.4 Å². The minimum atomic E-state index is -2.92. The van der Waals surface area contributed by atoms with Crippen molar-refractivity contribution < 1.29 is 31.4 Å². The topological polar surface area (TPSA) is 81.2 Å². The van der Waals surface area contributed by atoms with Gasteiger partial charge >= 0.3 is 0 Å². The van der Waals surface area contributed by atoms with E-state index in [9.17, 15) is 17.6 Å². The molecular formula is C23H22F5N7O2. The zero-order valence-electron chi connectivity index (χ0n) is 19.5. The van der Waals surface area contributed by atoms with E-state index in [1.54, 1.807) is 0 Å². The Balaban J connectivity index is 1.35. The molecule has 0 spiro atoms. The first-order valence-electron chi connectivity index (χ1n) is 11.6. The van der Waals surface area contributed by atoms with Gasteiger partial charge in [0.05, 0.1) is 50.4 Å². The number of ether oxygens (including phenoxy) is 2. The number of imidazole rings is 1. The minimum Gasteiger partial charge on any atom is -0.479 e. The summed E-state index contributed by atoms with van der Waals surface area (Å²) in [5, 5.41) is 7.24. The summed E-state index contributed by atoms with van der Waals surface area (Å²) in [6, 6.07) is 0.664. The van der Waals surface area contributed by atoms with Crippen LogP contribution in [0.2, 0.25) is 0 Å². The normalized spacial score (nSPS) is 21.2. The molecule has 1 N–H and O–H groups in total. The molecule has 9 nitrogen and oxygen atoms in total. The van der Waals surface area contributed by atoms with Crippen LogP contribution in [0.1, 0.15) is 18.5 Å². The predicted octanol–water partition coefficient (Wildman–Crippen LogP) is 3.49. The molecule has 14 heteroatoms. The first kappa shape index (κ1) is 23.9. The highest BCUT2D eigenvalue weighted by Crippen LogP contribution is 2.36. The third-order valence-electron chi connectivity index (χ3n) is 6.87. The van der Waals surface area contributed by atoms with E-state index in [0.717, 1.165) is 27.4 Å². The fourth-order valence-corrected chi connectivity index (χ4v) is 4.88. The quantitative estimate of drug-likeness (QED) is 0.388. The van der Waals surface area contributed by atoms with E-state index in [0.29, 0.717) is 26.2 Å². The van der Waals surface area contributed by atoms with Crippen LogP contribution in [-0.2, 0) is 4.74 Å². The second-order valence-corrected chi connectivity index (χ2v) is 9.09. The third-order valence-corrected chi connectivity index (χ3v) is 6.87. The van der Waals surface area contributed by atoms with Gasteiger partial charge in [-0.05, 0) is 12.5 Å². The zero-order valence-corrected chi connectivity index (χ0v) is 19.5. The molecule has 2 aliphatic heterocycles. The number of piperidine rings is 1. The maximum absolute atomic E-state index is 15.2. The Bertz CT molecular complexity index is 1470. The van der Waals surface area contributed by atoms with E-state index in [2.05, 4.69) is 25.3 Å². The van der Waals surface area contributed by atoms with Crippen LogP contribution in [0.5, 0.6) is 5.88 Å². The molecule has 196 valence electrons. The number of alkyl halides is 3. The van der Waals surface area contributed by atoms with Crippen molar-refractivity contribution in [3.05, 3.63) is 42.0 Å². The number of anilines is 1. The molecule has 0 radical (unpaired) electrons. The second-order valence-electron chi connectivity index (χ2n) is 9.09. The summed E-state index contributed by atoms with van der Waals surface area (Å²) in [4.78, 5) is 10.0. The maximum Gasteiger partial charge on any atom is 0.280 e. The van der Waals surface area contributed by atoms with Gasteiger partial charge < -0.3 is 14.8 Å². The SMILES string of the molecule is COc1nc(N[C@H]2CCN(C3COC3)C[C@H]2F)nn2cc(F)c(-c3cc(F)c4ncc(C(F)F)n4c3)c12. The molecule has 6 heterocycles. The highest BCUT2D eigenvalue weighted by atomic mass is 19.3. The number of hydrogen-bond donors (Lipinski definition) is 1. The molecule has 4 aromatic rings. The number of pyridine rings is 1. The molecule has 0 aliphatic carbocycles. The number of aromatic nitrogens is 5. The molecule has 2 atom stereocenters. The highest BCUT2D eigenvalue weighted by molar-refractivity contribution is 5.85. The number of hydrogen-bond acceptors (Lipinski definition) is 7. The van der Waals surface area contributed by atoms with Gasteiger partial charge in [-0.1, -0.05) is 0 Å². The summed E-state index contributed by atoms with van der Waals surface area (Å²) in [5.41, 5.74) is -0.971. The van der Waals surface area contributed by atoms with Crippen molar-refractivity contribution in [1.82, 2.24) is 28.9 Å². The van der Waals surface area contributed by atoms with E-state index in [1.807, 2.05) is 0 Å². The van der Waals surface area contributed by atoms with E-state index in [1.165, 1.54) is 13.3 Å². The predicted molar refractivity (Wildman–Crippen MR) is 122 cm³/mol. The Morgan fingerprint density at radius 3 is 2.68 bits per heavy atom. The van der Waals surface area contributed by atoms with Crippen LogP contribution in [0.25, 0.3) is 22.3 Å². The summed E-state index contributed by atoms with van der Waals surface area (Å²) in [6.45, 7) is 2.13. The molecule has 0 amide bonds. The van der Waals surface area contributed by atoms with E-state index in [-0.39, 0.29) is 46.7 Å². The first-order valence-corrected chi connectivity index (χ1v) is 11.6. The van der Waals surface area contributed by atoms with E-state index < -0.39 is 36.0 Å². The van der Waals surface area contributed by atoms with E-state index >= 15 is 4.39 Å². The van der Waals surface area contributed by atoms with Crippen LogP contribution in [0.4, 0.5) is 27.9 Å². The van der Waals surface area contributed by atoms with Gasteiger partial charge in [-0.3, -0.25) is 9.30 Å². The molecule has 0 bridgehead atoms. The fourth-order valence-electron chi connectivity index (χ4n) is 4.88. The number of rotatable bonds is 6. The molecule has 2 fully saturated rings. The number of nitrogens with zero attached hydrogens (tertiary/aromatic N) is 6. The monoisotopic (exact) mass is 523 g/mol. The van der Waals surface area contributed by atoms with Crippen LogP contribution in [0.15, 0.2) is 24.7 Å². The Morgan fingerprint density at radius 1 is 1.19 bits per heavy atom. The van der Waals surface area contributed by atoms with Crippen molar-refractivity contribution in [3.8, 4) is 17.0 Å². The largest absolute Gasteiger partial charge is 0.479 e. The molecule has 37 heavy (non-hydrogen) atoms. The van der Waals surface area contributed by atoms with Crippen molar-refractivity contribution in [2.75, 3.05) is 38.7 Å². The summed E-state index contributed by atoms with van der Waals surface area (Å²) in [6.07, 6.45) is -0.526. The zero-order chi connectivity index (χ0) is 25.8. The molecule has 4 aromatic heterocycles. The van der Waals surface area contributed by atoms with Gasteiger partial charge in [-0.2, -0.15) is 4.98 Å². The lowest BCUT2D eigenvalue weighted by atomic mass is 10.0. The van der Waals surface area contributed by atoms with Gasteiger partial charge in [0.25, 0.3) is 6.43 Å². The molecule has 2 saturated heterocycles. The Morgan fingerprint density at radius 2 is 2.00 bits per heavy atom. The van der Waals surface area contributed by atoms with E-state index in [4.69, 9.17) is 9.47 Å². The minimum absolute atomic E-state index is 0.0233. The molecule has 6 rings (SSSR count). The number of likely N-dealkylation sites (tertiary alicyclic amines) is 1. The number of fused-ring (bicyclic) bond motifs is 2. The van der Waals surface area contributed by atoms with Crippen molar-refractivity contribution in [2.45, 2.75) is 31.1 Å². The Kier molecular flexibility index (Phi) is 5.87. The Labute approximate surface area is 206 Å². The van der Waals surface area contributed by atoms with Gasteiger partial charge in [0, 0.05) is 24.8 Å².